The van der Waals surface area contributed by atoms with Gasteiger partial charge in [-0.25, -0.2) is 4.98 Å². The fourth-order valence-corrected chi connectivity index (χ4v) is 3.51. The molecule has 3 rings (SSSR count). The molecule has 1 aromatic heterocycles. The van der Waals surface area contributed by atoms with E-state index in [4.69, 9.17) is 4.42 Å². The highest BCUT2D eigenvalue weighted by Gasteiger charge is 2.24. The Bertz CT molecular complexity index is 600. The Morgan fingerprint density at radius 3 is 2.64 bits per heavy atom. The first kappa shape index (κ1) is 17.9. The van der Waals surface area contributed by atoms with Gasteiger partial charge in [0, 0.05) is 19.5 Å². The van der Waals surface area contributed by atoms with E-state index in [1.807, 2.05) is 13.8 Å². The lowest BCUT2D eigenvalue weighted by atomic mass is 9.97. The molecule has 2 saturated heterocycles. The number of aromatic nitrogens is 1. The van der Waals surface area contributed by atoms with Crippen LogP contribution < -0.4 is 5.32 Å². The third-order valence-electron chi connectivity index (χ3n) is 5.23. The summed E-state index contributed by atoms with van der Waals surface area (Å²) in [7, 11) is 0. The van der Waals surface area contributed by atoms with E-state index in [2.05, 4.69) is 15.2 Å². The summed E-state index contributed by atoms with van der Waals surface area (Å²) in [4.78, 5) is 32.0. The molecule has 0 spiro atoms. The highest BCUT2D eigenvalue weighted by molar-refractivity contribution is 5.85. The molecule has 1 aromatic rings. The first-order valence-electron chi connectivity index (χ1n) is 9.21. The van der Waals surface area contributed by atoms with Crippen LogP contribution in [0.25, 0.3) is 0 Å². The number of nitrogens with zero attached hydrogens (tertiary/aromatic N) is 3. The van der Waals surface area contributed by atoms with Gasteiger partial charge in [0.1, 0.15) is 5.76 Å². The maximum Gasteiger partial charge on any atom is 0.239 e. The average Bonchev–Trinajstić information content (AvgIpc) is 3.12. The van der Waals surface area contributed by atoms with Crippen LogP contribution in [0.15, 0.2) is 4.42 Å². The van der Waals surface area contributed by atoms with Gasteiger partial charge in [-0.2, -0.15) is 0 Å². The van der Waals surface area contributed by atoms with E-state index >= 15 is 0 Å². The van der Waals surface area contributed by atoms with Crippen LogP contribution >= 0.6 is 0 Å². The highest BCUT2D eigenvalue weighted by atomic mass is 16.4. The summed E-state index contributed by atoms with van der Waals surface area (Å²) in [5, 5.41) is 2.99. The predicted octanol–water partition coefficient (Wildman–Crippen LogP) is 1.24. The lowest BCUT2D eigenvalue weighted by Gasteiger charge is -2.31. The van der Waals surface area contributed by atoms with Crippen molar-refractivity contribution in [1.29, 1.82) is 0 Å². The summed E-state index contributed by atoms with van der Waals surface area (Å²) < 4.78 is 5.65. The average molecular weight is 348 g/mol. The Hall–Kier alpha value is -1.89. The molecular weight excluding hydrogens is 320 g/mol. The molecule has 0 bridgehead atoms. The second-order valence-corrected chi connectivity index (χ2v) is 7.19. The molecule has 0 radical (unpaired) electrons. The second-order valence-electron chi connectivity index (χ2n) is 7.19. The summed E-state index contributed by atoms with van der Waals surface area (Å²) in [6, 6.07) is 0. The lowest BCUT2D eigenvalue weighted by molar-refractivity contribution is -0.133. The van der Waals surface area contributed by atoms with Gasteiger partial charge in [-0.1, -0.05) is 0 Å². The van der Waals surface area contributed by atoms with Crippen LogP contribution in [0, 0.1) is 19.8 Å². The number of carbonyl (C=O) groups is 2. The van der Waals surface area contributed by atoms with Crippen molar-refractivity contribution >= 4 is 11.8 Å². The van der Waals surface area contributed by atoms with Crippen LogP contribution in [0.4, 0.5) is 0 Å². The van der Waals surface area contributed by atoms with Crippen molar-refractivity contribution < 1.29 is 14.0 Å². The first-order chi connectivity index (χ1) is 12.0. The van der Waals surface area contributed by atoms with Crippen LogP contribution in [0.5, 0.6) is 0 Å². The molecule has 25 heavy (non-hydrogen) atoms. The summed E-state index contributed by atoms with van der Waals surface area (Å²) >= 11 is 0. The number of likely N-dealkylation sites (tertiary alicyclic amines) is 2. The molecular formula is C18H28N4O3. The molecule has 0 saturated carbocycles. The maximum absolute atomic E-state index is 12.0. The summed E-state index contributed by atoms with van der Waals surface area (Å²) in [5.74, 6) is 2.24. The minimum Gasteiger partial charge on any atom is -0.444 e. The van der Waals surface area contributed by atoms with E-state index in [1.165, 1.54) is 0 Å². The molecule has 1 N–H and O–H groups in total. The lowest BCUT2D eigenvalue weighted by Crippen LogP contribution is -2.42. The van der Waals surface area contributed by atoms with Crippen molar-refractivity contribution in [3.63, 3.8) is 0 Å². The summed E-state index contributed by atoms with van der Waals surface area (Å²) in [6.07, 6.45) is 3.56. The maximum atomic E-state index is 12.0. The summed E-state index contributed by atoms with van der Waals surface area (Å²) in [6.45, 7) is 8.27. The second kappa shape index (κ2) is 7.99. The fourth-order valence-electron chi connectivity index (χ4n) is 3.51. The quantitative estimate of drug-likeness (QED) is 0.837. The summed E-state index contributed by atoms with van der Waals surface area (Å²) in [5.41, 5.74) is 0.962. The Labute approximate surface area is 148 Å². The molecule has 2 amide bonds. The van der Waals surface area contributed by atoms with Crippen LogP contribution in [-0.4, -0.2) is 59.3 Å². The van der Waals surface area contributed by atoms with Gasteiger partial charge < -0.3 is 14.6 Å². The molecule has 0 atom stereocenters. The number of hydrogen-bond acceptors (Lipinski definition) is 5. The number of amides is 2. The molecule has 7 heteroatoms. The van der Waals surface area contributed by atoms with E-state index in [0.717, 1.165) is 56.2 Å². The molecule has 2 aliphatic rings. The molecule has 7 nitrogen and oxygen atoms in total. The fraction of sp³-hybridized carbons (Fsp3) is 0.722. The molecule has 2 fully saturated rings. The number of rotatable bonds is 6. The number of hydrogen-bond donors (Lipinski definition) is 1. The van der Waals surface area contributed by atoms with Crippen molar-refractivity contribution in [2.75, 3.05) is 32.7 Å². The third-order valence-corrected chi connectivity index (χ3v) is 5.23. The Morgan fingerprint density at radius 1 is 1.28 bits per heavy atom. The van der Waals surface area contributed by atoms with Gasteiger partial charge in [0.05, 0.1) is 18.8 Å². The Kier molecular flexibility index (Phi) is 5.73. The van der Waals surface area contributed by atoms with E-state index in [9.17, 15) is 9.59 Å². The zero-order valence-corrected chi connectivity index (χ0v) is 15.2. The Morgan fingerprint density at radius 2 is 2.04 bits per heavy atom. The predicted molar refractivity (Wildman–Crippen MR) is 92.8 cm³/mol. The minimum atomic E-state index is -0.0385. The van der Waals surface area contributed by atoms with Crippen LogP contribution in [0.2, 0.25) is 0 Å². The van der Waals surface area contributed by atoms with Gasteiger partial charge in [0.25, 0.3) is 0 Å². The Balaban J connectivity index is 1.35. The van der Waals surface area contributed by atoms with Gasteiger partial charge in [-0.05, 0) is 52.1 Å². The molecule has 0 aliphatic carbocycles. The van der Waals surface area contributed by atoms with Crippen molar-refractivity contribution in [2.24, 2.45) is 5.92 Å². The van der Waals surface area contributed by atoms with Gasteiger partial charge in [-0.3, -0.25) is 14.5 Å². The van der Waals surface area contributed by atoms with Gasteiger partial charge in [0.2, 0.25) is 17.7 Å². The minimum absolute atomic E-state index is 0.0385. The number of piperidine rings is 1. The first-order valence-corrected chi connectivity index (χ1v) is 9.21. The monoisotopic (exact) mass is 348 g/mol. The van der Waals surface area contributed by atoms with Crippen molar-refractivity contribution in [3.8, 4) is 0 Å². The van der Waals surface area contributed by atoms with E-state index in [0.29, 0.717) is 25.4 Å². The third kappa shape index (κ3) is 4.81. The van der Waals surface area contributed by atoms with Crippen molar-refractivity contribution in [3.05, 3.63) is 17.3 Å². The zero-order valence-electron chi connectivity index (χ0n) is 15.2. The largest absolute Gasteiger partial charge is 0.444 e. The normalized spacial score (nSPS) is 19.6. The van der Waals surface area contributed by atoms with Crippen LogP contribution in [-0.2, 0) is 16.1 Å². The standard InChI is InChI=1S/C18H28N4O3/c1-13-14(2)25-17(20-13)12-21-8-5-15(6-9-21)10-19-16(23)11-22-7-3-4-18(22)24/h15H,3-12H2,1-2H3,(H,19,23). The highest BCUT2D eigenvalue weighted by Crippen LogP contribution is 2.19. The number of carbonyl (C=O) groups excluding carboxylic acids is 2. The number of nitrogens with one attached hydrogen (secondary N) is 1. The smallest absolute Gasteiger partial charge is 0.239 e. The molecule has 138 valence electrons. The SMILES string of the molecule is Cc1nc(CN2CCC(CNC(=O)CN3CCCC3=O)CC2)oc1C. The molecule has 2 aliphatic heterocycles. The molecule has 3 heterocycles. The molecule has 0 aromatic carbocycles. The van der Waals surface area contributed by atoms with Crippen LogP contribution in [0.3, 0.4) is 0 Å². The van der Waals surface area contributed by atoms with Crippen LogP contribution in [0.1, 0.15) is 43.0 Å². The zero-order chi connectivity index (χ0) is 17.8. The topological polar surface area (TPSA) is 78.7 Å². The van der Waals surface area contributed by atoms with Crippen molar-refractivity contribution in [1.82, 2.24) is 20.1 Å². The van der Waals surface area contributed by atoms with E-state index in [1.54, 1.807) is 4.90 Å². The van der Waals surface area contributed by atoms with E-state index in [-0.39, 0.29) is 18.4 Å². The van der Waals surface area contributed by atoms with Crippen molar-refractivity contribution in [2.45, 2.75) is 46.1 Å². The van der Waals surface area contributed by atoms with Gasteiger partial charge in [-0.15, -0.1) is 0 Å². The molecule has 0 unspecified atom stereocenters. The van der Waals surface area contributed by atoms with E-state index < -0.39 is 0 Å². The van der Waals surface area contributed by atoms with Gasteiger partial charge in [0.15, 0.2) is 0 Å². The number of aryl methyl sites for hydroxylation is 2. The van der Waals surface area contributed by atoms with Gasteiger partial charge >= 0.3 is 0 Å². The number of oxazole rings is 1.